The van der Waals surface area contributed by atoms with Crippen LogP contribution in [0.3, 0.4) is 0 Å². The van der Waals surface area contributed by atoms with Crippen molar-refractivity contribution in [2.75, 3.05) is 32.9 Å². The second-order valence-electron chi connectivity index (χ2n) is 19.5. The Balaban J connectivity index is 1.32. The molecule has 1 fully saturated rings. The summed E-state index contributed by atoms with van der Waals surface area (Å²) in [5.41, 5.74) is 2.81. The molecular weight excluding hydrogens is 931 g/mol. The molecule has 0 aliphatic carbocycles. The molecular formula is C57H73N5O11. The van der Waals surface area contributed by atoms with Gasteiger partial charge in [-0.25, -0.2) is 0 Å². The Hall–Kier alpha value is -6.75. The Morgan fingerprint density at radius 1 is 0.712 bits per heavy atom. The first-order valence-electron chi connectivity index (χ1n) is 25.2. The minimum Gasteiger partial charge on any atom is -0.485 e. The lowest BCUT2D eigenvalue weighted by molar-refractivity contribution is -0.138. The monoisotopic (exact) mass is 1000 g/mol. The normalized spacial score (nSPS) is 15.6. The Morgan fingerprint density at radius 2 is 1.34 bits per heavy atom. The Morgan fingerprint density at radius 3 is 1.96 bits per heavy atom. The number of amides is 4. The summed E-state index contributed by atoms with van der Waals surface area (Å²) in [6, 6.07) is 26.7. The van der Waals surface area contributed by atoms with Gasteiger partial charge in [-0.1, -0.05) is 126 Å². The molecule has 0 aromatic heterocycles. The number of carbonyl (C=O) groups excluding carboxylic acids is 7. The maximum absolute atomic E-state index is 14.2. The second kappa shape index (κ2) is 28.5. The van der Waals surface area contributed by atoms with Crippen LogP contribution in [0.4, 0.5) is 0 Å². The van der Waals surface area contributed by atoms with Gasteiger partial charge in [0.1, 0.15) is 36.6 Å². The average Bonchev–Trinajstić information content (AvgIpc) is 4.13. The summed E-state index contributed by atoms with van der Waals surface area (Å²) < 4.78 is 23.2. The van der Waals surface area contributed by atoms with Crippen molar-refractivity contribution in [3.63, 3.8) is 0 Å². The number of ether oxygens (including phenoxy) is 4. The number of aryl methyl sites for hydroxylation is 1. The zero-order valence-electron chi connectivity index (χ0n) is 43.3. The molecule has 0 saturated carbocycles. The number of aldehydes is 1. The number of epoxide rings is 1. The van der Waals surface area contributed by atoms with Crippen LogP contribution in [0.1, 0.15) is 100 Å². The first-order valence-corrected chi connectivity index (χ1v) is 25.2. The maximum atomic E-state index is 14.2. The molecule has 73 heavy (non-hydrogen) atoms. The van der Waals surface area contributed by atoms with Crippen molar-refractivity contribution in [3.05, 3.63) is 131 Å². The summed E-state index contributed by atoms with van der Waals surface area (Å²) in [4.78, 5) is 95.5. The van der Waals surface area contributed by atoms with Crippen LogP contribution < -0.4 is 30.7 Å². The molecule has 1 aliphatic rings. The molecule has 4 aromatic rings. The van der Waals surface area contributed by atoms with E-state index < -0.39 is 65.3 Å². The topological polar surface area (TPSA) is 211 Å². The molecule has 16 nitrogen and oxygen atoms in total. The zero-order valence-corrected chi connectivity index (χ0v) is 43.3. The largest absolute Gasteiger partial charge is 0.485 e. The van der Waals surface area contributed by atoms with Crippen molar-refractivity contribution in [2.24, 2.45) is 11.8 Å². The number of esters is 1. The number of nitrogens with one attached hydrogen (secondary N) is 4. The molecule has 4 N–H and O–H groups in total. The first kappa shape index (κ1) is 57.2. The van der Waals surface area contributed by atoms with E-state index in [0.29, 0.717) is 43.9 Å². The van der Waals surface area contributed by atoms with E-state index >= 15 is 0 Å². The summed E-state index contributed by atoms with van der Waals surface area (Å²) in [5.74, 6) is -2.67. The molecule has 4 aromatic carbocycles. The predicted octanol–water partition coefficient (Wildman–Crippen LogP) is 6.11. The highest BCUT2D eigenvalue weighted by atomic mass is 16.6. The molecule has 5 atom stereocenters. The SMILES string of the molecule is CCCOCCN(CC(=O)N[C@@H](CCc1ccccc1)C(=O)N[C@@H](C)C(=O)N[C@@H](Cc1ccccc1)C(=O)N[C@@H](CC(C)C)C(=O)[C@@]1(C)CO1)Cc1ccc(OC(=O)C(C)C)c(OCc2ccc(C=O)cc2)c1. The third kappa shape index (κ3) is 19.0. The fraction of sp³-hybridized carbons (Fsp3) is 0.456. The predicted molar refractivity (Wildman–Crippen MR) is 277 cm³/mol. The Kier molecular flexibility index (Phi) is 22.3. The molecule has 0 spiro atoms. The number of nitrogens with zero attached hydrogens (tertiary/aromatic N) is 1. The number of Topliss-reactive ketones (excluding diaryl/α,β-unsaturated/α-hetero) is 1. The first-order chi connectivity index (χ1) is 35.0. The number of hydrogen-bond acceptors (Lipinski definition) is 12. The number of rotatable bonds is 31. The van der Waals surface area contributed by atoms with E-state index in [9.17, 15) is 33.6 Å². The van der Waals surface area contributed by atoms with Gasteiger partial charge in [-0.05, 0) is 79.8 Å². The van der Waals surface area contributed by atoms with Gasteiger partial charge in [0, 0.05) is 31.7 Å². The highest BCUT2D eigenvalue weighted by molar-refractivity contribution is 5.98. The fourth-order valence-corrected chi connectivity index (χ4v) is 7.84. The number of ketones is 1. The lowest BCUT2D eigenvalue weighted by Crippen LogP contribution is -2.58. The average molecular weight is 1000 g/mol. The van der Waals surface area contributed by atoms with Gasteiger partial charge in [0.25, 0.3) is 0 Å². The third-order valence-electron chi connectivity index (χ3n) is 12.2. The highest BCUT2D eigenvalue weighted by Crippen LogP contribution is 2.31. The van der Waals surface area contributed by atoms with Crippen LogP contribution >= 0.6 is 0 Å². The molecule has 392 valence electrons. The maximum Gasteiger partial charge on any atom is 0.313 e. The zero-order chi connectivity index (χ0) is 52.9. The van der Waals surface area contributed by atoms with Crippen molar-refractivity contribution in [1.29, 1.82) is 0 Å². The van der Waals surface area contributed by atoms with Gasteiger partial charge in [0.05, 0.1) is 31.7 Å². The van der Waals surface area contributed by atoms with Gasteiger partial charge < -0.3 is 40.2 Å². The molecule has 1 aliphatic heterocycles. The van der Waals surface area contributed by atoms with Crippen LogP contribution in [0.2, 0.25) is 0 Å². The summed E-state index contributed by atoms with van der Waals surface area (Å²) >= 11 is 0. The smallest absolute Gasteiger partial charge is 0.313 e. The number of benzene rings is 4. The summed E-state index contributed by atoms with van der Waals surface area (Å²) in [6.07, 6.45) is 2.70. The van der Waals surface area contributed by atoms with Gasteiger partial charge in [-0.3, -0.25) is 38.5 Å². The van der Waals surface area contributed by atoms with Gasteiger partial charge in [0.15, 0.2) is 17.3 Å². The molecule has 5 rings (SSSR count). The van der Waals surface area contributed by atoms with E-state index in [1.54, 1.807) is 63.2 Å². The summed E-state index contributed by atoms with van der Waals surface area (Å²) in [7, 11) is 0. The minimum absolute atomic E-state index is 0.0776. The van der Waals surface area contributed by atoms with E-state index in [1.807, 2.05) is 86.3 Å². The summed E-state index contributed by atoms with van der Waals surface area (Å²) in [6.45, 7) is 14.3. The number of hydrogen-bond donors (Lipinski definition) is 4. The van der Waals surface area contributed by atoms with Crippen molar-refractivity contribution in [3.8, 4) is 11.5 Å². The molecule has 1 heterocycles. The fourth-order valence-electron chi connectivity index (χ4n) is 7.84. The van der Waals surface area contributed by atoms with Crippen LogP contribution in [0, 0.1) is 11.8 Å². The van der Waals surface area contributed by atoms with Crippen molar-refractivity contribution in [1.82, 2.24) is 26.2 Å². The second-order valence-corrected chi connectivity index (χ2v) is 19.5. The van der Waals surface area contributed by atoms with Crippen LogP contribution in [0.5, 0.6) is 11.5 Å². The van der Waals surface area contributed by atoms with E-state index in [4.69, 9.17) is 18.9 Å². The Bertz CT molecular complexity index is 2440. The summed E-state index contributed by atoms with van der Waals surface area (Å²) in [5, 5.41) is 11.4. The molecule has 1 saturated heterocycles. The van der Waals surface area contributed by atoms with E-state index in [0.717, 1.165) is 35.0 Å². The van der Waals surface area contributed by atoms with Crippen LogP contribution in [-0.4, -0.2) is 109 Å². The van der Waals surface area contributed by atoms with Crippen molar-refractivity contribution >= 4 is 41.7 Å². The molecule has 0 bridgehead atoms. The quantitative estimate of drug-likeness (QED) is 0.0148. The van der Waals surface area contributed by atoms with E-state index in [2.05, 4.69) is 21.3 Å². The number of carbonyl (C=O) groups is 7. The van der Waals surface area contributed by atoms with Gasteiger partial charge in [-0.2, -0.15) is 0 Å². The van der Waals surface area contributed by atoms with E-state index in [-0.39, 0.29) is 56.6 Å². The lowest BCUT2D eigenvalue weighted by atomic mass is 9.93. The van der Waals surface area contributed by atoms with Gasteiger partial charge >= 0.3 is 5.97 Å². The highest BCUT2D eigenvalue weighted by Gasteiger charge is 2.50. The van der Waals surface area contributed by atoms with Crippen LogP contribution in [0.15, 0.2) is 103 Å². The van der Waals surface area contributed by atoms with Crippen LogP contribution in [0.25, 0.3) is 0 Å². The lowest BCUT2D eigenvalue weighted by Gasteiger charge is -2.27. The van der Waals surface area contributed by atoms with Crippen LogP contribution in [-0.2, 0) is 64.2 Å². The third-order valence-corrected chi connectivity index (χ3v) is 12.2. The molecule has 4 amide bonds. The molecule has 0 unspecified atom stereocenters. The minimum atomic E-state index is -1.14. The molecule has 16 heteroatoms. The van der Waals surface area contributed by atoms with Crippen molar-refractivity contribution < 1.29 is 52.5 Å². The van der Waals surface area contributed by atoms with Gasteiger partial charge in [0.2, 0.25) is 23.6 Å². The van der Waals surface area contributed by atoms with Crippen molar-refractivity contribution in [2.45, 2.75) is 123 Å². The Labute approximate surface area is 429 Å². The molecule has 0 radical (unpaired) electrons. The standard InChI is InChI=1S/C57H73N5O11/c1-8-28-70-29-27-62(33-45-24-26-49(73-56(69)39(4)5)50(32-45)71-36-44-21-19-43(35-63)20-22-44)34-51(64)59-46(25-23-41-15-11-9-12-16-41)54(67)58-40(6)53(66)61-48(31-42-17-13-10-14-18-42)55(68)60-47(30-38(2)3)52(65)57(7)37-72-57/h9-22,24,26,32,35,38-40,46-48H,8,23,25,27-31,33-34,36-37H2,1-7H3,(H,58,67)(H,59,64)(H,60,68)(H,61,66)/t40-,46-,47-,48-,57+/m0/s1. The van der Waals surface area contributed by atoms with E-state index in [1.165, 1.54) is 6.92 Å². The van der Waals surface area contributed by atoms with Gasteiger partial charge in [-0.15, -0.1) is 0 Å².